The first-order valence-electron chi connectivity index (χ1n) is 12.3. The molecule has 0 spiro atoms. The second kappa shape index (κ2) is 11.3. The number of guanidine groups is 1. The molecule has 3 fully saturated rings. The van der Waals surface area contributed by atoms with Gasteiger partial charge in [0.05, 0.1) is 6.10 Å². The van der Waals surface area contributed by atoms with Crippen molar-refractivity contribution in [3.05, 3.63) is 29.3 Å². The summed E-state index contributed by atoms with van der Waals surface area (Å²) in [5.41, 5.74) is 2.51. The minimum Gasteiger partial charge on any atom is -0.491 e. The van der Waals surface area contributed by atoms with Gasteiger partial charge in [0, 0.05) is 51.1 Å². The highest BCUT2D eigenvalue weighted by Crippen LogP contribution is 2.30. The lowest BCUT2D eigenvalue weighted by Crippen LogP contribution is -2.58. The first kappa shape index (κ1) is 23.3. The minimum atomic E-state index is 0.172. The maximum absolute atomic E-state index is 6.16. The highest BCUT2D eigenvalue weighted by molar-refractivity contribution is 5.79. The molecule has 7 nitrogen and oxygen atoms in total. The van der Waals surface area contributed by atoms with E-state index in [1.54, 1.807) is 0 Å². The van der Waals surface area contributed by atoms with E-state index in [0.717, 1.165) is 69.3 Å². The molecule has 0 bridgehead atoms. The van der Waals surface area contributed by atoms with Crippen molar-refractivity contribution in [1.29, 1.82) is 0 Å². The molecule has 4 rings (SSSR count). The molecule has 3 saturated heterocycles. The van der Waals surface area contributed by atoms with E-state index < -0.39 is 0 Å². The van der Waals surface area contributed by atoms with Gasteiger partial charge in [0.2, 0.25) is 0 Å². The number of likely N-dealkylation sites (tertiary alicyclic amines) is 1. The Hall–Kier alpha value is -1.83. The SMILES string of the molecule is CN=C(NCc1ccc(C)cc1OCC1CCCO1)NCC1(N2CCCC2)CCOCC1. The molecular formula is C25H40N4O3. The van der Waals surface area contributed by atoms with Crippen LogP contribution in [0.25, 0.3) is 0 Å². The molecule has 32 heavy (non-hydrogen) atoms. The third-order valence-electron chi connectivity index (χ3n) is 7.13. The third-order valence-corrected chi connectivity index (χ3v) is 7.13. The number of nitrogens with one attached hydrogen (secondary N) is 2. The fourth-order valence-corrected chi connectivity index (χ4v) is 5.10. The number of hydrogen-bond acceptors (Lipinski definition) is 5. The van der Waals surface area contributed by atoms with E-state index in [9.17, 15) is 0 Å². The Bertz CT molecular complexity index is 752. The number of nitrogens with zero attached hydrogens (tertiary/aromatic N) is 2. The van der Waals surface area contributed by atoms with Crippen LogP contribution in [0.1, 0.15) is 49.7 Å². The molecule has 2 N–H and O–H groups in total. The molecule has 178 valence electrons. The van der Waals surface area contributed by atoms with Gasteiger partial charge < -0.3 is 24.8 Å². The van der Waals surface area contributed by atoms with Crippen molar-refractivity contribution in [3.63, 3.8) is 0 Å². The van der Waals surface area contributed by atoms with Gasteiger partial charge in [0.25, 0.3) is 0 Å². The summed E-state index contributed by atoms with van der Waals surface area (Å²) in [7, 11) is 1.84. The monoisotopic (exact) mass is 444 g/mol. The molecule has 1 aromatic rings. The lowest BCUT2D eigenvalue weighted by atomic mass is 9.88. The van der Waals surface area contributed by atoms with E-state index in [0.29, 0.717) is 13.2 Å². The van der Waals surface area contributed by atoms with E-state index in [2.05, 4.69) is 45.6 Å². The van der Waals surface area contributed by atoms with Crippen LogP contribution in [0.3, 0.4) is 0 Å². The highest BCUT2D eigenvalue weighted by Gasteiger charge is 2.39. The number of ether oxygens (including phenoxy) is 3. The molecule has 1 aromatic carbocycles. The van der Waals surface area contributed by atoms with Gasteiger partial charge in [0.15, 0.2) is 5.96 Å². The second-order valence-corrected chi connectivity index (χ2v) is 9.37. The number of aliphatic imine (C=N–C) groups is 1. The molecular weight excluding hydrogens is 404 g/mol. The summed E-state index contributed by atoms with van der Waals surface area (Å²) in [6.45, 7) is 9.21. The van der Waals surface area contributed by atoms with Gasteiger partial charge in [-0.15, -0.1) is 0 Å². The van der Waals surface area contributed by atoms with Gasteiger partial charge in [-0.2, -0.15) is 0 Å². The lowest BCUT2D eigenvalue weighted by molar-refractivity contribution is -0.0164. The quantitative estimate of drug-likeness (QED) is 0.475. The van der Waals surface area contributed by atoms with Crippen LogP contribution in [0.4, 0.5) is 0 Å². The Labute approximate surface area is 192 Å². The maximum atomic E-state index is 6.16. The summed E-state index contributed by atoms with van der Waals surface area (Å²) >= 11 is 0. The second-order valence-electron chi connectivity index (χ2n) is 9.37. The number of aryl methyl sites for hydroxylation is 1. The van der Waals surface area contributed by atoms with Crippen molar-refractivity contribution >= 4 is 5.96 Å². The Balaban J connectivity index is 1.33. The van der Waals surface area contributed by atoms with E-state index in [4.69, 9.17) is 14.2 Å². The van der Waals surface area contributed by atoms with Crippen molar-refractivity contribution in [3.8, 4) is 5.75 Å². The minimum absolute atomic E-state index is 0.172. The third kappa shape index (κ3) is 5.94. The summed E-state index contributed by atoms with van der Waals surface area (Å²) in [5, 5.41) is 7.11. The van der Waals surface area contributed by atoms with Crippen LogP contribution in [0, 0.1) is 6.92 Å². The smallest absolute Gasteiger partial charge is 0.191 e. The van der Waals surface area contributed by atoms with Crippen molar-refractivity contribution in [2.24, 2.45) is 4.99 Å². The summed E-state index contributed by atoms with van der Waals surface area (Å²) in [5.74, 6) is 1.77. The summed E-state index contributed by atoms with van der Waals surface area (Å²) in [6.07, 6.45) is 7.19. The largest absolute Gasteiger partial charge is 0.491 e. The average molecular weight is 445 g/mol. The first-order valence-corrected chi connectivity index (χ1v) is 12.3. The molecule has 3 aliphatic heterocycles. The predicted octanol–water partition coefficient (Wildman–Crippen LogP) is 2.86. The van der Waals surface area contributed by atoms with Crippen LogP contribution in [0.5, 0.6) is 5.75 Å². The van der Waals surface area contributed by atoms with Gasteiger partial charge in [-0.1, -0.05) is 12.1 Å². The Morgan fingerprint density at radius 2 is 1.97 bits per heavy atom. The van der Waals surface area contributed by atoms with Gasteiger partial charge >= 0.3 is 0 Å². The van der Waals surface area contributed by atoms with Crippen LogP contribution in [-0.4, -0.2) is 75.6 Å². The van der Waals surface area contributed by atoms with Gasteiger partial charge in [-0.05, 0) is 70.2 Å². The molecule has 1 atom stereocenters. The zero-order chi connectivity index (χ0) is 22.2. The van der Waals surface area contributed by atoms with Crippen molar-refractivity contribution < 1.29 is 14.2 Å². The normalized spacial score (nSPS) is 23.9. The fraction of sp³-hybridized carbons (Fsp3) is 0.720. The fourth-order valence-electron chi connectivity index (χ4n) is 5.10. The molecule has 0 saturated carbocycles. The van der Waals surface area contributed by atoms with E-state index in [1.807, 2.05) is 7.05 Å². The van der Waals surface area contributed by atoms with Crippen LogP contribution in [0.2, 0.25) is 0 Å². The van der Waals surface area contributed by atoms with Crippen LogP contribution in [0.15, 0.2) is 23.2 Å². The van der Waals surface area contributed by atoms with E-state index >= 15 is 0 Å². The van der Waals surface area contributed by atoms with Gasteiger partial charge in [-0.25, -0.2) is 0 Å². The molecule has 7 heteroatoms. The van der Waals surface area contributed by atoms with Crippen molar-refractivity contribution in [1.82, 2.24) is 15.5 Å². The number of hydrogen-bond donors (Lipinski definition) is 2. The first-order chi connectivity index (χ1) is 15.7. The highest BCUT2D eigenvalue weighted by atomic mass is 16.5. The molecule has 1 unspecified atom stereocenters. The molecule has 0 amide bonds. The zero-order valence-corrected chi connectivity index (χ0v) is 19.8. The van der Waals surface area contributed by atoms with Crippen molar-refractivity contribution in [2.75, 3.05) is 53.1 Å². The molecule has 3 aliphatic rings. The van der Waals surface area contributed by atoms with E-state index in [1.165, 1.54) is 31.5 Å². The van der Waals surface area contributed by atoms with E-state index in [-0.39, 0.29) is 11.6 Å². The molecule has 0 aliphatic carbocycles. The topological polar surface area (TPSA) is 67.4 Å². The molecule has 3 heterocycles. The molecule has 0 aromatic heterocycles. The van der Waals surface area contributed by atoms with Crippen LogP contribution in [-0.2, 0) is 16.0 Å². The van der Waals surface area contributed by atoms with Crippen LogP contribution < -0.4 is 15.4 Å². The Morgan fingerprint density at radius 3 is 2.69 bits per heavy atom. The van der Waals surface area contributed by atoms with Crippen molar-refractivity contribution in [2.45, 2.75) is 63.6 Å². The Kier molecular flexibility index (Phi) is 8.27. The maximum Gasteiger partial charge on any atom is 0.191 e. The van der Waals surface area contributed by atoms with Gasteiger partial charge in [-0.3, -0.25) is 9.89 Å². The van der Waals surface area contributed by atoms with Gasteiger partial charge in [0.1, 0.15) is 12.4 Å². The summed E-state index contributed by atoms with van der Waals surface area (Å²) < 4.78 is 17.6. The standard InChI is InChI=1S/C25H40N4O3/c1-20-7-8-21(23(16-20)32-18-22-6-5-13-31-22)17-27-24(26-2)28-19-25(9-14-30-15-10-25)29-11-3-4-12-29/h7-8,16,22H,3-6,9-15,17-19H2,1-2H3,(H2,26,27,28). The number of benzene rings is 1. The average Bonchev–Trinajstić information content (AvgIpc) is 3.54. The zero-order valence-electron chi connectivity index (χ0n) is 19.8. The Morgan fingerprint density at radius 1 is 1.16 bits per heavy atom. The number of rotatable bonds is 8. The molecule has 0 radical (unpaired) electrons. The lowest BCUT2D eigenvalue weighted by Gasteiger charge is -2.45. The summed E-state index contributed by atoms with van der Waals surface area (Å²) in [4.78, 5) is 7.16. The summed E-state index contributed by atoms with van der Waals surface area (Å²) in [6, 6.07) is 6.40. The van der Waals surface area contributed by atoms with Crippen LogP contribution >= 0.6 is 0 Å². The predicted molar refractivity (Wildman–Crippen MR) is 127 cm³/mol.